The molecule has 1 aliphatic carbocycles. The predicted octanol–water partition coefficient (Wildman–Crippen LogP) is 3.48. The Balaban J connectivity index is 1.73. The minimum atomic E-state index is -1.04. The maximum atomic E-state index is 13.0. The zero-order chi connectivity index (χ0) is 25.4. The first-order chi connectivity index (χ1) is 16.8. The number of rotatable bonds is 8. The number of carbonyl (C=O) groups excluding carboxylic acids is 2. The smallest absolute Gasteiger partial charge is 0.331 e. The van der Waals surface area contributed by atoms with Gasteiger partial charge in [0.2, 0.25) is 0 Å². The van der Waals surface area contributed by atoms with Gasteiger partial charge in [-0.15, -0.1) is 0 Å². The van der Waals surface area contributed by atoms with Crippen LogP contribution in [0.5, 0.6) is 11.5 Å². The van der Waals surface area contributed by atoms with Gasteiger partial charge in [-0.2, -0.15) is 0 Å². The quantitative estimate of drug-likeness (QED) is 0.530. The van der Waals surface area contributed by atoms with E-state index in [2.05, 4.69) is 24.1 Å². The highest BCUT2D eigenvalue weighted by Gasteiger charge is 2.37. The van der Waals surface area contributed by atoms with Crippen molar-refractivity contribution in [1.29, 1.82) is 0 Å². The number of amides is 1. The van der Waals surface area contributed by atoms with E-state index < -0.39 is 29.8 Å². The lowest BCUT2D eigenvalue weighted by Gasteiger charge is -2.34. The molecular formula is C26H40N2O7. The van der Waals surface area contributed by atoms with E-state index in [1.54, 1.807) is 0 Å². The number of nitrogens with one attached hydrogen (secondary N) is 1. The maximum Gasteiger partial charge on any atom is 0.331 e. The van der Waals surface area contributed by atoms with Crippen molar-refractivity contribution in [3.63, 3.8) is 0 Å². The first-order valence-electron chi connectivity index (χ1n) is 12.7. The van der Waals surface area contributed by atoms with Crippen LogP contribution in [0, 0.1) is 17.8 Å². The number of methoxy groups -OCH3 is 1. The average molecular weight is 493 g/mol. The van der Waals surface area contributed by atoms with E-state index in [0.717, 1.165) is 6.42 Å². The lowest BCUT2D eigenvalue weighted by molar-refractivity contribution is -0.161. The number of nitrogens with zero attached hydrogens (tertiary/aromatic N) is 1. The zero-order valence-electron chi connectivity index (χ0n) is 21.3. The maximum absolute atomic E-state index is 13.0. The molecule has 1 saturated heterocycles. The molecule has 2 fully saturated rings. The Labute approximate surface area is 207 Å². The molecule has 2 heterocycles. The molecular weight excluding hydrogens is 452 g/mol. The molecule has 2 aliphatic rings. The zero-order valence-corrected chi connectivity index (χ0v) is 21.3. The Bertz CT molecular complexity index is 841. The third-order valence-electron chi connectivity index (χ3n) is 6.74. The summed E-state index contributed by atoms with van der Waals surface area (Å²) in [5.74, 6) is -0.565. The molecule has 196 valence electrons. The van der Waals surface area contributed by atoms with Gasteiger partial charge in [0.15, 0.2) is 23.2 Å². The van der Waals surface area contributed by atoms with E-state index in [4.69, 9.17) is 18.9 Å². The second-order valence-corrected chi connectivity index (χ2v) is 10.1. The summed E-state index contributed by atoms with van der Waals surface area (Å²) in [4.78, 5) is 29.7. The van der Waals surface area contributed by atoms with Crippen LogP contribution in [0.25, 0.3) is 0 Å². The largest absolute Gasteiger partial charge is 0.503 e. The van der Waals surface area contributed by atoms with Gasteiger partial charge in [0.1, 0.15) is 6.10 Å². The van der Waals surface area contributed by atoms with Gasteiger partial charge in [-0.3, -0.25) is 4.79 Å². The van der Waals surface area contributed by atoms with Crippen molar-refractivity contribution in [3.05, 3.63) is 18.0 Å². The van der Waals surface area contributed by atoms with Crippen molar-refractivity contribution in [3.8, 4) is 11.5 Å². The number of hydrogen-bond donors (Lipinski definition) is 2. The van der Waals surface area contributed by atoms with Crippen LogP contribution in [0.3, 0.4) is 0 Å². The Morgan fingerprint density at radius 1 is 1.26 bits per heavy atom. The molecule has 35 heavy (non-hydrogen) atoms. The summed E-state index contributed by atoms with van der Waals surface area (Å²) in [6, 6.07) is 0.395. The van der Waals surface area contributed by atoms with Gasteiger partial charge in [0.25, 0.3) is 5.91 Å². The highest BCUT2D eigenvalue weighted by Crippen LogP contribution is 2.33. The Morgan fingerprint density at radius 2 is 2.00 bits per heavy atom. The number of carbonyl (C=O) groups is 2. The Kier molecular flexibility index (Phi) is 10.2. The van der Waals surface area contributed by atoms with Gasteiger partial charge < -0.3 is 29.4 Å². The lowest BCUT2D eigenvalue weighted by Crippen LogP contribution is -2.46. The average Bonchev–Trinajstić information content (AvgIpc) is 2.87. The van der Waals surface area contributed by atoms with E-state index in [0.29, 0.717) is 25.0 Å². The van der Waals surface area contributed by atoms with Gasteiger partial charge in [-0.25, -0.2) is 9.78 Å². The first kappa shape index (κ1) is 27.2. The minimum absolute atomic E-state index is 0.0416. The molecule has 9 nitrogen and oxygen atoms in total. The number of hydrogen-bond acceptors (Lipinski definition) is 8. The molecule has 0 spiro atoms. The second-order valence-electron chi connectivity index (χ2n) is 10.1. The number of aromatic nitrogens is 1. The topological polar surface area (TPSA) is 116 Å². The van der Waals surface area contributed by atoms with Crippen LogP contribution in [0.15, 0.2) is 12.3 Å². The standard InChI is InChI=1S/C26H40N2O7/c1-16(2)13-34-24-17(3)35-26(31)20(15-33-14-19(24)12-18-8-6-5-7-9-18)28-25(30)22-23(29)21(32-4)10-11-27-22/h10-11,16-20,24,29H,5-9,12-15H2,1-4H3,(H,28,30)/t17?,19-,20-,24?/m0/s1. The summed E-state index contributed by atoms with van der Waals surface area (Å²) < 4.78 is 23.1. The molecule has 1 aliphatic heterocycles. The summed E-state index contributed by atoms with van der Waals surface area (Å²) in [7, 11) is 1.38. The van der Waals surface area contributed by atoms with Crippen LogP contribution < -0.4 is 10.1 Å². The molecule has 0 bridgehead atoms. The fourth-order valence-electron chi connectivity index (χ4n) is 4.94. The predicted molar refractivity (Wildman–Crippen MR) is 129 cm³/mol. The van der Waals surface area contributed by atoms with Crippen molar-refractivity contribution in [2.24, 2.45) is 17.8 Å². The molecule has 3 rings (SSSR count). The summed E-state index contributed by atoms with van der Waals surface area (Å²) in [5, 5.41) is 12.9. The van der Waals surface area contributed by atoms with Crippen LogP contribution in [0.4, 0.5) is 0 Å². The normalized spacial score (nSPS) is 26.4. The number of pyridine rings is 1. The highest BCUT2D eigenvalue weighted by atomic mass is 16.6. The van der Waals surface area contributed by atoms with Crippen molar-refractivity contribution in [2.45, 2.75) is 77.5 Å². The van der Waals surface area contributed by atoms with Gasteiger partial charge in [-0.1, -0.05) is 46.0 Å². The third-order valence-corrected chi connectivity index (χ3v) is 6.74. The minimum Gasteiger partial charge on any atom is -0.503 e. The lowest BCUT2D eigenvalue weighted by atomic mass is 9.80. The van der Waals surface area contributed by atoms with Gasteiger partial charge >= 0.3 is 5.97 Å². The van der Waals surface area contributed by atoms with E-state index in [9.17, 15) is 14.7 Å². The van der Waals surface area contributed by atoms with E-state index in [-0.39, 0.29) is 30.1 Å². The van der Waals surface area contributed by atoms with Crippen molar-refractivity contribution in [1.82, 2.24) is 10.3 Å². The van der Waals surface area contributed by atoms with Crippen LogP contribution in [0.2, 0.25) is 0 Å². The van der Waals surface area contributed by atoms with Crippen LogP contribution in [0.1, 0.15) is 69.8 Å². The summed E-state index contributed by atoms with van der Waals surface area (Å²) in [5.41, 5.74) is -0.238. The SMILES string of the molecule is COc1ccnc(C(=O)N[C@H]2COC[C@H](CC3CCCCC3)C(OCC(C)C)C(C)OC2=O)c1O. The molecule has 1 amide bonds. The first-order valence-corrected chi connectivity index (χ1v) is 12.7. The van der Waals surface area contributed by atoms with Crippen LogP contribution in [-0.4, -0.2) is 67.1 Å². The molecule has 1 aromatic rings. The summed E-state index contributed by atoms with van der Waals surface area (Å²) in [6.07, 6.45) is 7.72. The highest BCUT2D eigenvalue weighted by molar-refractivity contribution is 5.98. The van der Waals surface area contributed by atoms with Crippen molar-refractivity contribution >= 4 is 11.9 Å². The molecule has 0 aromatic carbocycles. The number of cyclic esters (lactones) is 1. The molecule has 4 atom stereocenters. The molecule has 1 aromatic heterocycles. The van der Waals surface area contributed by atoms with E-state index in [1.165, 1.54) is 51.5 Å². The molecule has 0 radical (unpaired) electrons. The van der Waals surface area contributed by atoms with Gasteiger partial charge in [0.05, 0.1) is 26.4 Å². The number of esters is 1. The summed E-state index contributed by atoms with van der Waals surface area (Å²) >= 11 is 0. The molecule has 2 N–H and O–H groups in total. The fraction of sp³-hybridized carbons (Fsp3) is 0.731. The Morgan fingerprint density at radius 3 is 2.69 bits per heavy atom. The third kappa shape index (κ3) is 7.54. The summed E-state index contributed by atoms with van der Waals surface area (Å²) in [6.45, 7) is 6.96. The van der Waals surface area contributed by atoms with E-state index in [1.807, 2.05) is 6.92 Å². The van der Waals surface area contributed by atoms with Gasteiger partial charge in [-0.05, 0) is 25.2 Å². The van der Waals surface area contributed by atoms with Gasteiger partial charge in [0, 0.05) is 24.8 Å². The van der Waals surface area contributed by atoms with Crippen molar-refractivity contribution < 1.29 is 33.6 Å². The molecule has 1 saturated carbocycles. The molecule has 2 unspecified atom stereocenters. The number of aromatic hydroxyl groups is 1. The second kappa shape index (κ2) is 13.1. The fourth-order valence-corrected chi connectivity index (χ4v) is 4.94. The Hall–Kier alpha value is -2.39. The van der Waals surface area contributed by atoms with Crippen molar-refractivity contribution in [2.75, 3.05) is 26.9 Å². The number of ether oxygens (including phenoxy) is 4. The monoisotopic (exact) mass is 492 g/mol. The van der Waals surface area contributed by atoms with E-state index >= 15 is 0 Å². The van der Waals surface area contributed by atoms with Crippen LogP contribution >= 0.6 is 0 Å². The molecule has 9 heteroatoms. The van der Waals surface area contributed by atoms with Crippen LogP contribution in [-0.2, 0) is 19.0 Å².